The number of carbonyl (C=O) groups excluding carboxylic acids is 3. The first kappa shape index (κ1) is 30.5. The van der Waals surface area contributed by atoms with Crippen LogP contribution < -0.4 is 5.32 Å². The first-order valence-corrected chi connectivity index (χ1v) is 16.7. The molecule has 4 aromatic rings. The van der Waals surface area contributed by atoms with E-state index in [1.165, 1.54) is 0 Å². The SMILES string of the molecule is Cc1ncc(-c2cc(C)c3c(c2)c(C(=O)N2CCCCC2)nn3CC(=O)N2C3C[C@]3(C)C[C@H]2C(=O)Nc2nc(Br)ccc2C)cn1. The summed E-state index contributed by atoms with van der Waals surface area (Å²) in [7, 11) is 0. The number of rotatable bonds is 6. The number of anilines is 1. The van der Waals surface area contributed by atoms with Gasteiger partial charge in [-0.25, -0.2) is 15.0 Å². The van der Waals surface area contributed by atoms with Crippen LogP contribution in [-0.4, -0.2) is 77.4 Å². The van der Waals surface area contributed by atoms with Crippen LogP contribution in [0.4, 0.5) is 5.82 Å². The average Bonchev–Trinajstić information content (AvgIpc) is 3.39. The third-order valence-electron chi connectivity index (χ3n) is 9.81. The van der Waals surface area contributed by atoms with Crippen molar-refractivity contribution in [3.63, 3.8) is 0 Å². The number of nitrogens with zero attached hydrogens (tertiary/aromatic N) is 7. The molecule has 0 bridgehead atoms. The topological polar surface area (TPSA) is 126 Å². The van der Waals surface area contributed by atoms with Crippen molar-refractivity contribution in [2.45, 2.75) is 78.4 Å². The monoisotopic (exact) mass is 684 g/mol. The second kappa shape index (κ2) is 11.6. The number of hydrogen-bond donors (Lipinski definition) is 1. The molecule has 3 aliphatic rings. The van der Waals surface area contributed by atoms with Gasteiger partial charge in [0.05, 0.1) is 5.52 Å². The van der Waals surface area contributed by atoms with Crippen molar-refractivity contribution in [3.8, 4) is 11.1 Å². The predicted octanol–water partition coefficient (Wildman–Crippen LogP) is 5.22. The summed E-state index contributed by atoms with van der Waals surface area (Å²) in [6.45, 7) is 9.12. The van der Waals surface area contributed by atoms with E-state index in [9.17, 15) is 14.4 Å². The van der Waals surface area contributed by atoms with Crippen molar-refractivity contribution in [1.29, 1.82) is 0 Å². The van der Waals surface area contributed by atoms with Gasteiger partial charge in [0.1, 0.15) is 28.8 Å². The van der Waals surface area contributed by atoms with Gasteiger partial charge in [0, 0.05) is 42.5 Å². The molecule has 1 aromatic carbocycles. The van der Waals surface area contributed by atoms with E-state index in [2.05, 4.69) is 43.1 Å². The molecule has 0 radical (unpaired) electrons. The van der Waals surface area contributed by atoms with Gasteiger partial charge in [0.2, 0.25) is 11.8 Å². The van der Waals surface area contributed by atoms with Crippen LogP contribution in [-0.2, 0) is 16.1 Å². The van der Waals surface area contributed by atoms with E-state index >= 15 is 0 Å². The number of hydrogen-bond acceptors (Lipinski definition) is 7. The fourth-order valence-electron chi connectivity index (χ4n) is 7.16. The van der Waals surface area contributed by atoms with Crippen molar-refractivity contribution in [2.75, 3.05) is 18.4 Å². The summed E-state index contributed by atoms with van der Waals surface area (Å²) < 4.78 is 2.28. The van der Waals surface area contributed by atoms with Crippen molar-refractivity contribution < 1.29 is 14.4 Å². The zero-order valence-corrected chi connectivity index (χ0v) is 28.1. The third-order valence-corrected chi connectivity index (χ3v) is 10.3. The first-order valence-electron chi connectivity index (χ1n) is 15.9. The smallest absolute Gasteiger partial charge is 0.275 e. The van der Waals surface area contributed by atoms with E-state index in [4.69, 9.17) is 5.10 Å². The molecule has 3 fully saturated rings. The van der Waals surface area contributed by atoms with Gasteiger partial charge >= 0.3 is 0 Å². The number of aryl methyl sites for hydroxylation is 3. The maximum absolute atomic E-state index is 14.2. The summed E-state index contributed by atoms with van der Waals surface area (Å²) in [6, 6.07) is 7.04. The lowest BCUT2D eigenvalue weighted by molar-refractivity contribution is -0.138. The number of fused-ring (bicyclic) bond motifs is 2. The van der Waals surface area contributed by atoms with Crippen LogP contribution in [0.2, 0.25) is 0 Å². The summed E-state index contributed by atoms with van der Waals surface area (Å²) in [5.41, 5.74) is 4.41. The lowest BCUT2D eigenvalue weighted by Gasteiger charge is -2.27. The number of nitrogens with one attached hydrogen (secondary N) is 1. The molecular weight excluding hydrogens is 648 g/mol. The fraction of sp³-hybridized carbons (Fsp3) is 0.441. The molecule has 0 spiro atoms. The molecular formula is C34H37BrN8O3. The summed E-state index contributed by atoms with van der Waals surface area (Å²) in [4.78, 5) is 58.5. The zero-order valence-electron chi connectivity index (χ0n) is 26.5. The molecule has 1 aliphatic carbocycles. The van der Waals surface area contributed by atoms with Gasteiger partial charge < -0.3 is 15.1 Å². The Morgan fingerprint density at radius 1 is 0.978 bits per heavy atom. The van der Waals surface area contributed by atoms with Gasteiger partial charge in [-0.3, -0.25) is 19.1 Å². The minimum absolute atomic E-state index is 0.0159. The van der Waals surface area contributed by atoms with Gasteiger partial charge in [-0.15, -0.1) is 0 Å². The van der Waals surface area contributed by atoms with E-state index in [1.54, 1.807) is 22.0 Å². The Kier molecular flexibility index (Phi) is 7.65. The Bertz CT molecular complexity index is 1880. The van der Waals surface area contributed by atoms with Crippen LogP contribution in [0.1, 0.15) is 66.5 Å². The minimum Gasteiger partial charge on any atom is -0.337 e. The number of amides is 3. The third kappa shape index (κ3) is 5.46. The van der Waals surface area contributed by atoms with Gasteiger partial charge in [-0.2, -0.15) is 5.10 Å². The highest BCUT2D eigenvalue weighted by Gasteiger charge is 2.64. The standard InChI is InChI=1S/C34H37BrN8O3/c1-19-8-9-27(35)38-31(19)39-32(45)25-14-34(4)15-26(34)43(25)28(44)18-42-30-20(2)12-22(23-16-36-21(3)37-17-23)13-24(30)29(40-42)33(46)41-10-6-5-7-11-41/h8-9,12-13,16-17,25-26H,5-7,10-11,14-15,18H2,1-4H3,(H,38,39,45)/t25-,26?,34-/m0/s1. The molecule has 12 heteroatoms. The number of likely N-dealkylation sites (tertiary alicyclic amines) is 2. The Morgan fingerprint density at radius 2 is 1.72 bits per heavy atom. The Hall–Kier alpha value is -4.19. The highest BCUT2D eigenvalue weighted by atomic mass is 79.9. The molecule has 2 aliphatic heterocycles. The summed E-state index contributed by atoms with van der Waals surface area (Å²) in [6.07, 6.45) is 8.02. The normalized spacial score (nSPS) is 22.2. The van der Waals surface area contributed by atoms with Gasteiger partial charge in [-0.05, 0) is 109 Å². The summed E-state index contributed by atoms with van der Waals surface area (Å²) in [5, 5.41) is 8.49. The van der Waals surface area contributed by atoms with E-state index in [0.29, 0.717) is 46.8 Å². The van der Waals surface area contributed by atoms with Crippen LogP contribution in [0.15, 0.2) is 41.3 Å². The van der Waals surface area contributed by atoms with Gasteiger partial charge in [0.15, 0.2) is 5.69 Å². The number of aromatic nitrogens is 5. The Labute approximate surface area is 275 Å². The molecule has 238 valence electrons. The molecule has 7 rings (SSSR count). The molecule has 3 atom stereocenters. The summed E-state index contributed by atoms with van der Waals surface area (Å²) in [5.74, 6) is 0.585. The maximum atomic E-state index is 14.2. The molecule has 5 heterocycles. The molecule has 2 saturated heterocycles. The number of benzene rings is 1. The second-order valence-corrected chi connectivity index (χ2v) is 14.1. The molecule has 11 nitrogen and oxygen atoms in total. The minimum atomic E-state index is -0.623. The molecule has 3 amide bonds. The molecule has 46 heavy (non-hydrogen) atoms. The van der Waals surface area contributed by atoms with E-state index in [0.717, 1.165) is 53.5 Å². The van der Waals surface area contributed by atoms with Crippen LogP contribution in [0, 0.1) is 26.2 Å². The predicted molar refractivity (Wildman–Crippen MR) is 177 cm³/mol. The van der Waals surface area contributed by atoms with Gasteiger partial charge in [0.25, 0.3) is 5.91 Å². The van der Waals surface area contributed by atoms with E-state index in [1.807, 2.05) is 49.9 Å². The van der Waals surface area contributed by atoms with Crippen LogP contribution in [0.25, 0.3) is 22.0 Å². The first-order chi connectivity index (χ1) is 22.0. The quantitative estimate of drug-likeness (QED) is 0.276. The molecule has 1 N–H and O–H groups in total. The van der Waals surface area contributed by atoms with E-state index in [-0.39, 0.29) is 35.7 Å². The fourth-order valence-corrected chi connectivity index (χ4v) is 7.47. The number of halogens is 1. The molecule has 1 saturated carbocycles. The number of carbonyl (C=O) groups is 3. The summed E-state index contributed by atoms with van der Waals surface area (Å²) >= 11 is 3.38. The average molecular weight is 686 g/mol. The highest BCUT2D eigenvalue weighted by molar-refractivity contribution is 9.10. The second-order valence-electron chi connectivity index (χ2n) is 13.3. The van der Waals surface area contributed by atoms with Crippen LogP contribution in [0.5, 0.6) is 0 Å². The van der Waals surface area contributed by atoms with Crippen molar-refractivity contribution in [2.24, 2.45) is 5.41 Å². The highest BCUT2D eigenvalue weighted by Crippen LogP contribution is 2.59. The number of piperidine rings is 2. The Morgan fingerprint density at radius 3 is 2.46 bits per heavy atom. The van der Waals surface area contributed by atoms with Crippen LogP contribution >= 0.6 is 15.9 Å². The van der Waals surface area contributed by atoms with Crippen molar-refractivity contribution in [1.82, 2.24) is 34.5 Å². The van der Waals surface area contributed by atoms with Gasteiger partial charge in [-0.1, -0.05) is 13.0 Å². The lowest BCUT2D eigenvalue weighted by Crippen LogP contribution is -2.47. The van der Waals surface area contributed by atoms with Crippen molar-refractivity contribution in [3.05, 3.63) is 63.9 Å². The zero-order chi connectivity index (χ0) is 32.3. The lowest BCUT2D eigenvalue weighted by atomic mass is 10.0. The molecule has 1 unspecified atom stereocenters. The molecule has 3 aromatic heterocycles. The van der Waals surface area contributed by atoms with Crippen molar-refractivity contribution >= 4 is 50.4 Å². The Balaban J connectivity index is 1.23. The largest absolute Gasteiger partial charge is 0.337 e. The maximum Gasteiger partial charge on any atom is 0.275 e. The number of pyridine rings is 1. The van der Waals surface area contributed by atoms with Crippen LogP contribution in [0.3, 0.4) is 0 Å². The van der Waals surface area contributed by atoms with E-state index < -0.39 is 6.04 Å².